The van der Waals surface area contributed by atoms with E-state index in [2.05, 4.69) is 6.58 Å². The average Bonchev–Trinajstić information content (AvgIpc) is 2.01. The predicted molar refractivity (Wildman–Crippen MR) is 52.9 cm³/mol. The third-order valence-corrected chi connectivity index (χ3v) is 1.19. The lowest BCUT2D eigenvalue weighted by Crippen LogP contribution is -1.79. The molecule has 0 aromatic rings. The zero-order valence-electron chi connectivity index (χ0n) is 7.58. The van der Waals surface area contributed by atoms with Crippen molar-refractivity contribution in [1.29, 1.82) is 0 Å². The summed E-state index contributed by atoms with van der Waals surface area (Å²) in [4.78, 5) is 10.5. The van der Waals surface area contributed by atoms with Crippen molar-refractivity contribution in [2.45, 2.75) is 13.8 Å². The number of carbonyl (C=O) groups excluding carboxylic acids is 1. The van der Waals surface area contributed by atoms with Crippen molar-refractivity contribution < 1.29 is 4.79 Å². The summed E-state index contributed by atoms with van der Waals surface area (Å²) >= 11 is 0. The standard InChI is InChI=1S/C11H14O/c1-4-5-6-7-10(2)8-9-11(3)12/h4-9H,1H2,2-3H3/b6-5-,9-8+,10-7+. The van der Waals surface area contributed by atoms with Crippen LogP contribution in [0.5, 0.6) is 0 Å². The van der Waals surface area contributed by atoms with E-state index in [1.165, 1.54) is 6.92 Å². The van der Waals surface area contributed by atoms with Gasteiger partial charge in [0.2, 0.25) is 0 Å². The van der Waals surface area contributed by atoms with Gasteiger partial charge in [0.1, 0.15) is 0 Å². The van der Waals surface area contributed by atoms with Gasteiger partial charge in [-0.15, -0.1) is 0 Å². The van der Waals surface area contributed by atoms with Crippen LogP contribution in [-0.4, -0.2) is 5.78 Å². The molecular weight excluding hydrogens is 148 g/mol. The van der Waals surface area contributed by atoms with Crippen LogP contribution in [0.3, 0.4) is 0 Å². The van der Waals surface area contributed by atoms with Gasteiger partial charge in [0.15, 0.2) is 5.78 Å². The molecule has 0 rings (SSSR count). The highest BCUT2D eigenvalue weighted by molar-refractivity contribution is 5.87. The number of carbonyl (C=O) groups is 1. The average molecular weight is 162 g/mol. The summed E-state index contributed by atoms with van der Waals surface area (Å²) in [5.41, 5.74) is 1.04. The second kappa shape index (κ2) is 6.35. The molecule has 0 radical (unpaired) electrons. The molecule has 12 heavy (non-hydrogen) atoms. The Hall–Kier alpha value is -1.37. The van der Waals surface area contributed by atoms with Crippen LogP contribution in [0.1, 0.15) is 13.8 Å². The van der Waals surface area contributed by atoms with Crippen molar-refractivity contribution in [3.63, 3.8) is 0 Å². The van der Waals surface area contributed by atoms with Crippen LogP contribution in [0.15, 0.2) is 48.6 Å². The fraction of sp³-hybridized carbons (Fsp3) is 0.182. The predicted octanol–water partition coefficient (Wildman–Crippen LogP) is 2.82. The molecule has 0 aliphatic rings. The quantitative estimate of drug-likeness (QED) is 0.459. The van der Waals surface area contributed by atoms with E-state index in [1.54, 1.807) is 18.2 Å². The topological polar surface area (TPSA) is 17.1 Å². The molecule has 0 spiro atoms. The summed E-state index contributed by atoms with van der Waals surface area (Å²) in [7, 11) is 0. The molecule has 1 heteroatoms. The van der Waals surface area contributed by atoms with E-state index in [0.29, 0.717) is 0 Å². The molecule has 0 fully saturated rings. The summed E-state index contributed by atoms with van der Waals surface area (Å²) in [6.45, 7) is 7.01. The summed E-state index contributed by atoms with van der Waals surface area (Å²) in [5.74, 6) is 0.0652. The van der Waals surface area contributed by atoms with Crippen molar-refractivity contribution in [1.82, 2.24) is 0 Å². The molecule has 0 aromatic heterocycles. The molecule has 0 aliphatic carbocycles. The molecule has 0 amide bonds. The van der Waals surface area contributed by atoms with Crippen LogP contribution in [0, 0.1) is 0 Å². The van der Waals surface area contributed by atoms with Gasteiger partial charge in [-0.3, -0.25) is 4.79 Å². The Labute approximate surface area is 73.8 Å². The van der Waals surface area contributed by atoms with Gasteiger partial charge in [0.25, 0.3) is 0 Å². The molecule has 0 saturated heterocycles. The minimum atomic E-state index is 0.0652. The minimum Gasteiger partial charge on any atom is -0.295 e. The number of ketones is 1. The van der Waals surface area contributed by atoms with Crippen molar-refractivity contribution >= 4 is 5.78 Å². The SMILES string of the molecule is C=C\C=C/C=C(C)/C=C/C(C)=O. The van der Waals surface area contributed by atoms with Gasteiger partial charge in [0.05, 0.1) is 0 Å². The van der Waals surface area contributed by atoms with Crippen LogP contribution in [-0.2, 0) is 4.79 Å². The zero-order chi connectivity index (χ0) is 9.40. The molecule has 64 valence electrons. The Bertz CT molecular complexity index is 242. The van der Waals surface area contributed by atoms with Gasteiger partial charge in [-0.25, -0.2) is 0 Å². The molecule has 0 atom stereocenters. The molecule has 1 nitrogen and oxygen atoms in total. The van der Waals surface area contributed by atoms with Crippen LogP contribution in [0.2, 0.25) is 0 Å². The zero-order valence-corrected chi connectivity index (χ0v) is 7.58. The van der Waals surface area contributed by atoms with Gasteiger partial charge in [0, 0.05) is 0 Å². The number of hydrogen-bond donors (Lipinski definition) is 0. The van der Waals surface area contributed by atoms with Crippen LogP contribution in [0.4, 0.5) is 0 Å². The lowest BCUT2D eigenvalue weighted by atomic mass is 10.2. The van der Waals surface area contributed by atoms with Crippen LogP contribution in [0.25, 0.3) is 0 Å². The minimum absolute atomic E-state index is 0.0652. The van der Waals surface area contributed by atoms with E-state index >= 15 is 0 Å². The van der Waals surface area contributed by atoms with Gasteiger partial charge in [-0.2, -0.15) is 0 Å². The Balaban J connectivity index is 4.10. The Kier molecular flexibility index (Phi) is 5.62. The van der Waals surface area contributed by atoms with E-state index < -0.39 is 0 Å². The molecular formula is C11H14O. The Morgan fingerprint density at radius 2 is 1.83 bits per heavy atom. The maximum absolute atomic E-state index is 10.5. The van der Waals surface area contributed by atoms with E-state index in [-0.39, 0.29) is 5.78 Å². The second-order valence-corrected chi connectivity index (χ2v) is 2.48. The Morgan fingerprint density at radius 1 is 1.17 bits per heavy atom. The maximum atomic E-state index is 10.5. The van der Waals surface area contributed by atoms with E-state index in [0.717, 1.165) is 5.57 Å². The van der Waals surface area contributed by atoms with Crippen molar-refractivity contribution in [3.05, 3.63) is 48.6 Å². The molecule has 0 unspecified atom stereocenters. The first kappa shape index (κ1) is 10.6. The van der Waals surface area contributed by atoms with Crippen molar-refractivity contribution in [2.24, 2.45) is 0 Å². The van der Waals surface area contributed by atoms with Crippen LogP contribution < -0.4 is 0 Å². The van der Waals surface area contributed by atoms with Crippen molar-refractivity contribution in [2.75, 3.05) is 0 Å². The van der Waals surface area contributed by atoms with Crippen LogP contribution >= 0.6 is 0 Å². The summed E-state index contributed by atoms with van der Waals surface area (Å²) in [5, 5.41) is 0. The third-order valence-electron chi connectivity index (χ3n) is 1.19. The lowest BCUT2D eigenvalue weighted by molar-refractivity contribution is -0.112. The molecule has 0 bridgehead atoms. The lowest BCUT2D eigenvalue weighted by Gasteiger charge is -1.85. The van der Waals surface area contributed by atoms with E-state index in [1.807, 2.05) is 25.2 Å². The smallest absolute Gasteiger partial charge is 0.152 e. The fourth-order valence-electron chi connectivity index (χ4n) is 0.590. The molecule has 0 saturated carbocycles. The third kappa shape index (κ3) is 6.75. The first-order valence-corrected chi connectivity index (χ1v) is 3.81. The second-order valence-electron chi connectivity index (χ2n) is 2.48. The van der Waals surface area contributed by atoms with Gasteiger partial charge >= 0.3 is 0 Å². The first-order valence-electron chi connectivity index (χ1n) is 3.81. The molecule has 0 heterocycles. The first-order chi connectivity index (χ1) is 5.66. The Morgan fingerprint density at radius 3 is 2.33 bits per heavy atom. The van der Waals surface area contributed by atoms with E-state index in [4.69, 9.17) is 0 Å². The molecule has 0 N–H and O–H groups in total. The largest absolute Gasteiger partial charge is 0.295 e. The maximum Gasteiger partial charge on any atom is 0.152 e. The van der Waals surface area contributed by atoms with Gasteiger partial charge in [-0.1, -0.05) is 42.5 Å². The molecule has 0 aromatic carbocycles. The number of rotatable bonds is 4. The number of allylic oxidation sites excluding steroid dienone is 7. The normalized spacial score (nSPS) is 12.7. The monoisotopic (exact) mass is 162 g/mol. The molecule has 0 aliphatic heterocycles. The highest BCUT2D eigenvalue weighted by Gasteiger charge is 1.81. The van der Waals surface area contributed by atoms with E-state index in [9.17, 15) is 4.79 Å². The summed E-state index contributed by atoms with van der Waals surface area (Å²) < 4.78 is 0. The number of hydrogen-bond acceptors (Lipinski definition) is 1. The highest BCUT2D eigenvalue weighted by Crippen LogP contribution is 1.95. The van der Waals surface area contributed by atoms with Gasteiger partial charge < -0.3 is 0 Å². The fourth-order valence-corrected chi connectivity index (χ4v) is 0.590. The van der Waals surface area contributed by atoms with Gasteiger partial charge in [-0.05, 0) is 19.9 Å². The summed E-state index contributed by atoms with van der Waals surface area (Å²) in [6.07, 6.45) is 10.7. The highest BCUT2D eigenvalue weighted by atomic mass is 16.1. The summed E-state index contributed by atoms with van der Waals surface area (Å²) in [6, 6.07) is 0. The van der Waals surface area contributed by atoms with Crippen molar-refractivity contribution in [3.8, 4) is 0 Å².